The number of hydrogen-bond donors (Lipinski definition) is 0. The minimum absolute atomic E-state index is 0.789. The Morgan fingerprint density at radius 2 is 1.67 bits per heavy atom. The summed E-state index contributed by atoms with van der Waals surface area (Å²) in [6, 6.07) is 16.8. The molecule has 3 nitrogen and oxygen atoms in total. The number of halogens is 1. The van der Waals surface area contributed by atoms with E-state index in [4.69, 9.17) is 11.6 Å². The fraction of sp³-hybridized carbons (Fsp3) is 0.350. The summed E-state index contributed by atoms with van der Waals surface area (Å²) < 4.78 is 4.73. The van der Waals surface area contributed by atoms with Gasteiger partial charge in [-0.2, -0.15) is 0 Å². The molecule has 0 aliphatic carbocycles. The third-order valence-electron chi connectivity index (χ3n) is 4.90. The van der Waals surface area contributed by atoms with Gasteiger partial charge in [0.15, 0.2) is 11.0 Å². The van der Waals surface area contributed by atoms with Crippen LogP contribution in [-0.4, -0.2) is 29.1 Å². The first-order valence-corrected chi connectivity index (χ1v) is 9.11. The number of imidazole rings is 1. The van der Waals surface area contributed by atoms with Gasteiger partial charge in [0.1, 0.15) is 13.1 Å². The first kappa shape index (κ1) is 15.7. The highest BCUT2D eigenvalue weighted by molar-refractivity contribution is 6.30. The standard InChI is InChI=1S/C20H23ClN3/c21-18-9-7-17(8-10-18)15-24-16-23(14-13-22-11-3-4-12-22)19-5-1-2-6-20(19)24/h1-2,5-10,16H,3-4,11-15H2/q+1. The number of benzene rings is 2. The highest BCUT2D eigenvalue weighted by Crippen LogP contribution is 2.14. The summed E-state index contributed by atoms with van der Waals surface area (Å²) in [7, 11) is 0. The van der Waals surface area contributed by atoms with Crippen LogP contribution in [0.1, 0.15) is 18.4 Å². The Morgan fingerprint density at radius 1 is 0.917 bits per heavy atom. The van der Waals surface area contributed by atoms with Crippen LogP contribution in [0, 0.1) is 0 Å². The number of para-hydroxylation sites is 2. The Hall–Kier alpha value is -1.84. The predicted molar refractivity (Wildman–Crippen MR) is 98.4 cm³/mol. The van der Waals surface area contributed by atoms with Crippen LogP contribution in [0.5, 0.6) is 0 Å². The van der Waals surface area contributed by atoms with Crippen molar-refractivity contribution < 1.29 is 4.57 Å². The lowest BCUT2D eigenvalue weighted by Crippen LogP contribution is -2.33. The van der Waals surface area contributed by atoms with Gasteiger partial charge in [-0.15, -0.1) is 0 Å². The van der Waals surface area contributed by atoms with E-state index in [9.17, 15) is 0 Å². The van der Waals surface area contributed by atoms with E-state index in [1.165, 1.54) is 42.5 Å². The molecule has 1 saturated heterocycles. The van der Waals surface area contributed by atoms with E-state index in [0.29, 0.717) is 0 Å². The molecule has 2 aromatic carbocycles. The van der Waals surface area contributed by atoms with Crippen LogP contribution < -0.4 is 4.57 Å². The van der Waals surface area contributed by atoms with Gasteiger partial charge in [-0.3, -0.25) is 4.90 Å². The van der Waals surface area contributed by atoms with Gasteiger partial charge < -0.3 is 0 Å². The molecule has 1 fully saturated rings. The van der Waals surface area contributed by atoms with Crippen LogP contribution in [0.15, 0.2) is 54.9 Å². The Morgan fingerprint density at radius 3 is 2.46 bits per heavy atom. The summed E-state index contributed by atoms with van der Waals surface area (Å²) in [6.07, 6.45) is 4.96. The largest absolute Gasteiger partial charge is 0.299 e. The zero-order chi connectivity index (χ0) is 16.4. The first-order valence-electron chi connectivity index (χ1n) is 8.74. The van der Waals surface area contributed by atoms with Gasteiger partial charge >= 0.3 is 0 Å². The SMILES string of the molecule is Clc1ccc(C[n+]2cn(CCN3CCCC3)c3ccccc32)cc1. The second kappa shape index (κ2) is 6.96. The molecule has 4 rings (SSSR count). The monoisotopic (exact) mass is 340 g/mol. The van der Waals surface area contributed by atoms with E-state index in [1.54, 1.807) is 0 Å². The number of aromatic nitrogens is 2. The topological polar surface area (TPSA) is 12.0 Å². The molecule has 1 aliphatic rings. The summed E-state index contributed by atoms with van der Waals surface area (Å²) in [4.78, 5) is 2.57. The summed E-state index contributed by atoms with van der Waals surface area (Å²) in [5.74, 6) is 0. The lowest BCUT2D eigenvalue weighted by Gasteiger charge is -2.12. The van der Waals surface area contributed by atoms with Crippen molar-refractivity contribution in [3.63, 3.8) is 0 Å². The quantitative estimate of drug-likeness (QED) is 0.645. The maximum atomic E-state index is 6.00. The van der Waals surface area contributed by atoms with Crippen LogP contribution >= 0.6 is 11.6 Å². The molecule has 1 aromatic heterocycles. The Balaban J connectivity index is 1.59. The van der Waals surface area contributed by atoms with E-state index >= 15 is 0 Å². The zero-order valence-corrected chi connectivity index (χ0v) is 14.6. The van der Waals surface area contributed by atoms with Crippen LogP contribution in [0.4, 0.5) is 0 Å². The van der Waals surface area contributed by atoms with Crippen molar-refractivity contribution in [3.8, 4) is 0 Å². The highest BCUT2D eigenvalue weighted by Gasteiger charge is 2.17. The van der Waals surface area contributed by atoms with Crippen molar-refractivity contribution in [1.82, 2.24) is 9.47 Å². The van der Waals surface area contributed by atoms with Gasteiger partial charge in [0, 0.05) is 11.6 Å². The molecule has 0 radical (unpaired) electrons. The van der Waals surface area contributed by atoms with Crippen molar-refractivity contribution in [3.05, 3.63) is 65.4 Å². The summed E-state index contributed by atoms with van der Waals surface area (Å²) in [5.41, 5.74) is 3.87. The summed E-state index contributed by atoms with van der Waals surface area (Å²) in [6.45, 7) is 5.57. The summed E-state index contributed by atoms with van der Waals surface area (Å²) in [5, 5.41) is 0.789. The van der Waals surface area contributed by atoms with E-state index in [0.717, 1.165) is 24.7 Å². The molecule has 0 saturated carbocycles. The minimum atomic E-state index is 0.789. The van der Waals surface area contributed by atoms with Gasteiger partial charge in [-0.1, -0.05) is 35.9 Å². The second-order valence-corrected chi connectivity index (χ2v) is 7.04. The number of likely N-dealkylation sites (tertiary alicyclic amines) is 1. The van der Waals surface area contributed by atoms with Crippen LogP contribution in [0.2, 0.25) is 5.02 Å². The van der Waals surface area contributed by atoms with Crippen LogP contribution in [-0.2, 0) is 13.1 Å². The number of hydrogen-bond acceptors (Lipinski definition) is 1. The Kier molecular flexibility index (Phi) is 4.54. The molecule has 0 amide bonds. The van der Waals surface area contributed by atoms with E-state index < -0.39 is 0 Å². The number of rotatable bonds is 5. The van der Waals surface area contributed by atoms with E-state index in [1.807, 2.05) is 12.1 Å². The molecular weight excluding hydrogens is 318 g/mol. The minimum Gasteiger partial charge on any atom is -0.299 e. The maximum absolute atomic E-state index is 6.00. The average Bonchev–Trinajstić information content (AvgIpc) is 3.24. The molecule has 0 N–H and O–H groups in total. The van der Waals surface area contributed by atoms with Gasteiger partial charge in [0.05, 0.1) is 0 Å². The Bertz CT molecular complexity index is 817. The molecule has 3 aromatic rings. The summed E-state index contributed by atoms with van der Waals surface area (Å²) >= 11 is 6.00. The molecule has 124 valence electrons. The lowest BCUT2D eigenvalue weighted by atomic mass is 10.2. The lowest BCUT2D eigenvalue weighted by molar-refractivity contribution is -0.663. The predicted octanol–water partition coefficient (Wildman–Crippen LogP) is 3.73. The van der Waals surface area contributed by atoms with Crippen molar-refractivity contribution in [2.75, 3.05) is 19.6 Å². The molecule has 4 heteroatoms. The van der Waals surface area contributed by atoms with Crippen molar-refractivity contribution >= 4 is 22.6 Å². The van der Waals surface area contributed by atoms with E-state index in [2.05, 4.69) is 56.8 Å². The molecule has 0 spiro atoms. The van der Waals surface area contributed by atoms with Gasteiger partial charge in [0.25, 0.3) is 0 Å². The third kappa shape index (κ3) is 3.33. The molecule has 0 bridgehead atoms. The smallest absolute Gasteiger partial charge is 0.245 e. The fourth-order valence-corrected chi connectivity index (χ4v) is 3.71. The van der Waals surface area contributed by atoms with Crippen LogP contribution in [0.3, 0.4) is 0 Å². The maximum Gasteiger partial charge on any atom is 0.245 e. The molecule has 0 atom stereocenters. The first-order chi connectivity index (χ1) is 11.8. The van der Waals surface area contributed by atoms with Crippen molar-refractivity contribution in [1.29, 1.82) is 0 Å². The zero-order valence-electron chi connectivity index (χ0n) is 13.9. The number of fused-ring (bicyclic) bond motifs is 1. The van der Waals surface area contributed by atoms with Gasteiger partial charge in [-0.05, 0) is 55.8 Å². The fourth-order valence-electron chi connectivity index (χ4n) is 3.59. The third-order valence-corrected chi connectivity index (χ3v) is 5.15. The Labute approximate surface area is 148 Å². The molecule has 24 heavy (non-hydrogen) atoms. The molecule has 1 aliphatic heterocycles. The second-order valence-electron chi connectivity index (χ2n) is 6.60. The van der Waals surface area contributed by atoms with Gasteiger partial charge in [0.2, 0.25) is 6.33 Å². The molecule has 0 unspecified atom stereocenters. The van der Waals surface area contributed by atoms with Crippen LogP contribution in [0.25, 0.3) is 11.0 Å². The van der Waals surface area contributed by atoms with E-state index in [-0.39, 0.29) is 0 Å². The van der Waals surface area contributed by atoms with Crippen molar-refractivity contribution in [2.45, 2.75) is 25.9 Å². The molecular formula is C20H23ClN3+. The normalized spacial score (nSPS) is 15.4. The molecule has 2 heterocycles. The highest BCUT2D eigenvalue weighted by atomic mass is 35.5. The number of nitrogens with zero attached hydrogens (tertiary/aromatic N) is 3. The van der Waals surface area contributed by atoms with Crippen molar-refractivity contribution in [2.24, 2.45) is 0 Å². The average molecular weight is 341 g/mol. The van der Waals surface area contributed by atoms with Gasteiger partial charge in [-0.25, -0.2) is 9.13 Å².